The Kier molecular flexibility index (Phi) is 7.85. The number of rotatable bonds is 7. The summed E-state index contributed by atoms with van der Waals surface area (Å²) < 4.78 is 4.84. The zero-order valence-corrected chi connectivity index (χ0v) is 20.2. The first-order valence-electron chi connectivity index (χ1n) is 10.5. The van der Waals surface area contributed by atoms with E-state index >= 15 is 0 Å². The monoisotopic (exact) mass is 512 g/mol. The second kappa shape index (κ2) is 11.0. The average Bonchev–Trinajstić information content (AvgIpc) is 2.81. The summed E-state index contributed by atoms with van der Waals surface area (Å²) in [6.45, 7) is 0. The Labute approximate surface area is 188 Å². The van der Waals surface area contributed by atoms with Crippen molar-refractivity contribution in [3.63, 3.8) is 0 Å². The molecule has 0 aromatic heterocycles. The van der Waals surface area contributed by atoms with E-state index in [1.54, 1.807) is 10.0 Å². The molecular weight excluding hydrogens is 482 g/mol. The van der Waals surface area contributed by atoms with Crippen LogP contribution in [0.4, 0.5) is 0 Å². The van der Waals surface area contributed by atoms with Gasteiger partial charge in [-0.3, -0.25) is 0 Å². The van der Waals surface area contributed by atoms with Gasteiger partial charge in [0, 0.05) is 0 Å². The minimum atomic E-state index is 0.475. The summed E-state index contributed by atoms with van der Waals surface area (Å²) in [5.41, 5.74) is 3.32. The molecule has 4 rings (SSSR count). The van der Waals surface area contributed by atoms with E-state index in [-0.39, 0.29) is 0 Å². The Bertz CT molecular complexity index is 891. The molecule has 0 N–H and O–H groups in total. The van der Waals surface area contributed by atoms with Crippen molar-refractivity contribution >= 4 is 38.8 Å². The van der Waals surface area contributed by atoms with Crippen LogP contribution in [0.15, 0.2) is 101 Å². The van der Waals surface area contributed by atoms with Crippen molar-refractivity contribution in [3.05, 3.63) is 107 Å². The van der Waals surface area contributed by atoms with Crippen molar-refractivity contribution in [1.82, 2.24) is 0 Å². The minimum absolute atomic E-state index is 0.475. The number of allylic oxidation sites excluding steroid dienone is 2. The summed E-state index contributed by atoms with van der Waals surface area (Å²) >= 11 is 1.06. The second-order valence-electron chi connectivity index (χ2n) is 7.54. The molecule has 1 aliphatic rings. The molecule has 0 aliphatic heterocycles. The molecule has 0 radical (unpaired) electrons. The normalized spacial score (nSPS) is 16.6. The molecule has 2 heteroatoms. The van der Waals surface area contributed by atoms with Gasteiger partial charge in [0.25, 0.3) is 0 Å². The molecule has 0 spiro atoms. The number of hydrogen-bond donors (Lipinski definition) is 0. The van der Waals surface area contributed by atoms with Gasteiger partial charge in [0.05, 0.1) is 0 Å². The molecule has 0 heterocycles. The van der Waals surface area contributed by atoms with Gasteiger partial charge in [0.15, 0.2) is 0 Å². The molecule has 0 amide bonds. The van der Waals surface area contributed by atoms with Crippen molar-refractivity contribution in [3.8, 4) is 0 Å². The van der Waals surface area contributed by atoms with Crippen LogP contribution >= 0.6 is 0 Å². The molecule has 0 nitrogen and oxygen atoms in total. The van der Waals surface area contributed by atoms with Crippen LogP contribution in [0.1, 0.15) is 43.6 Å². The number of hydrogen-bond acceptors (Lipinski definition) is 0. The first kappa shape index (κ1) is 20.7. The van der Waals surface area contributed by atoms with E-state index < -0.39 is 0 Å². The summed E-state index contributed by atoms with van der Waals surface area (Å²) in [6.07, 6.45) is 6.51. The van der Waals surface area contributed by atoms with Crippen molar-refractivity contribution in [2.75, 3.05) is 0 Å². The van der Waals surface area contributed by atoms with Crippen molar-refractivity contribution < 1.29 is 0 Å². The van der Waals surface area contributed by atoms with Crippen LogP contribution in [-0.4, -0.2) is 29.9 Å². The maximum atomic E-state index is 2.32. The van der Waals surface area contributed by atoms with Gasteiger partial charge in [-0.2, -0.15) is 0 Å². The van der Waals surface area contributed by atoms with Gasteiger partial charge < -0.3 is 0 Å². The van der Waals surface area contributed by atoms with E-state index in [4.69, 9.17) is 0 Å². The molecule has 3 aromatic rings. The Morgan fingerprint density at radius 1 is 0.690 bits per heavy atom. The molecule has 3 aromatic carbocycles. The summed E-state index contributed by atoms with van der Waals surface area (Å²) in [7, 11) is 0. The molecule has 0 unspecified atom stereocenters. The van der Waals surface area contributed by atoms with E-state index in [1.807, 2.05) is 0 Å². The van der Waals surface area contributed by atoms with Gasteiger partial charge in [0.2, 0.25) is 0 Å². The Morgan fingerprint density at radius 2 is 1.24 bits per heavy atom. The average molecular weight is 510 g/mol. The fourth-order valence-electron chi connectivity index (χ4n) is 4.01. The fourth-order valence-corrected chi connectivity index (χ4v) is 8.91. The molecular formula is C27H28Se2. The molecule has 1 aliphatic carbocycles. The summed E-state index contributed by atoms with van der Waals surface area (Å²) in [4.78, 5) is 0. The Hall–Kier alpha value is -1.56. The van der Waals surface area contributed by atoms with E-state index in [1.165, 1.54) is 51.9 Å². The van der Waals surface area contributed by atoms with E-state index in [0.717, 1.165) is 5.92 Å². The Morgan fingerprint density at radius 3 is 1.86 bits per heavy atom. The third kappa shape index (κ3) is 6.21. The van der Waals surface area contributed by atoms with Crippen LogP contribution in [0.5, 0.6) is 0 Å². The van der Waals surface area contributed by atoms with Gasteiger partial charge in [0.1, 0.15) is 0 Å². The van der Waals surface area contributed by atoms with Crippen molar-refractivity contribution in [2.45, 2.75) is 43.3 Å². The van der Waals surface area contributed by atoms with Crippen molar-refractivity contribution in [1.29, 1.82) is 0 Å². The van der Waals surface area contributed by atoms with Crippen LogP contribution in [0.2, 0.25) is 5.32 Å². The van der Waals surface area contributed by atoms with Gasteiger partial charge in [-0.05, 0) is 0 Å². The van der Waals surface area contributed by atoms with Gasteiger partial charge in [-0.25, -0.2) is 0 Å². The predicted molar refractivity (Wildman–Crippen MR) is 128 cm³/mol. The molecule has 0 bridgehead atoms. The Balaban J connectivity index is 1.44. The standard InChI is InChI=1S/C27H28Se2/c1-4-10-22(11-5-1)23-16-18-24(19-17-23)27(29-26-14-8-3-9-15-26)20-21-28-25-12-6-2-7-13-25/h1-15,23H,16-21H2. The SMILES string of the molecule is c1ccc([Se]CCC([Se]c2ccccc2)=C2CCC(c3ccccc3)CC2)cc1. The fraction of sp³-hybridized carbons (Fsp3) is 0.259. The molecule has 148 valence electrons. The molecule has 1 saturated carbocycles. The first-order valence-corrected chi connectivity index (χ1v) is 14.3. The van der Waals surface area contributed by atoms with Crippen LogP contribution in [-0.2, 0) is 0 Å². The molecule has 1 fully saturated rings. The molecule has 0 saturated heterocycles. The van der Waals surface area contributed by atoms with Gasteiger partial charge in [-0.15, -0.1) is 0 Å². The molecule has 29 heavy (non-hydrogen) atoms. The maximum absolute atomic E-state index is 2.32. The van der Waals surface area contributed by atoms with Crippen molar-refractivity contribution in [2.24, 2.45) is 0 Å². The first-order chi connectivity index (χ1) is 14.4. The summed E-state index contributed by atoms with van der Waals surface area (Å²) in [6, 6.07) is 33.4. The van der Waals surface area contributed by atoms with Gasteiger partial charge >= 0.3 is 189 Å². The van der Waals surface area contributed by atoms with E-state index in [2.05, 4.69) is 91.0 Å². The topological polar surface area (TPSA) is 0 Å². The zero-order chi connectivity index (χ0) is 19.7. The number of benzene rings is 3. The predicted octanol–water partition coefficient (Wildman–Crippen LogP) is 5.47. The quantitative estimate of drug-likeness (QED) is 0.370. The molecule has 0 atom stereocenters. The van der Waals surface area contributed by atoms with Crippen LogP contribution in [0.3, 0.4) is 0 Å². The van der Waals surface area contributed by atoms with Crippen LogP contribution in [0.25, 0.3) is 0 Å². The third-order valence-corrected chi connectivity index (χ3v) is 10.3. The van der Waals surface area contributed by atoms with Gasteiger partial charge in [-0.1, -0.05) is 0 Å². The van der Waals surface area contributed by atoms with E-state index in [0.29, 0.717) is 29.9 Å². The van der Waals surface area contributed by atoms with E-state index in [9.17, 15) is 0 Å². The summed E-state index contributed by atoms with van der Waals surface area (Å²) in [5, 5.41) is 1.33. The van der Waals surface area contributed by atoms with Crippen LogP contribution < -0.4 is 8.92 Å². The summed E-state index contributed by atoms with van der Waals surface area (Å²) in [5.74, 6) is 0.749. The second-order valence-corrected chi connectivity index (χ2v) is 12.4. The zero-order valence-electron chi connectivity index (χ0n) is 16.8. The van der Waals surface area contributed by atoms with Crippen LogP contribution in [0, 0.1) is 0 Å². The third-order valence-electron chi connectivity index (χ3n) is 5.58.